The minimum atomic E-state index is -4.19. The number of allylic oxidation sites excluding steroid dienone is 2. The van der Waals surface area contributed by atoms with Crippen LogP contribution in [-0.2, 0) is 0 Å². The number of rotatable bonds is 3. The molecule has 22 heavy (non-hydrogen) atoms. The standard InChI is InChI=1S/C17H12F4O/c1-22-13-9-7-12(8-10-13)15-14(11-5-3-2-4-6-11)16(18,19)17(15,20)21/h2-10H,1H3. The molecule has 0 atom stereocenters. The van der Waals surface area contributed by atoms with Crippen molar-refractivity contribution in [1.29, 1.82) is 0 Å². The summed E-state index contributed by atoms with van der Waals surface area (Å²) in [5.41, 5.74) is -1.09. The number of methoxy groups -OCH3 is 1. The third-order valence-electron chi connectivity index (χ3n) is 3.71. The molecule has 2 aromatic rings. The number of benzene rings is 2. The van der Waals surface area contributed by atoms with E-state index in [1.54, 1.807) is 18.2 Å². The zero-order valence-electron chi connectivity index (χ0n) is 11.6. The van der Waals surface area contributed by atoms with Gasteiger partial charge in [-0.25, -0.2) is 0 Å². The fourth-order valence-electron chi connectivity index (χ4n) is 2.58. The van der Waals surface area contributed by atoms with Gasteiger partial charge in [0.15, 0.2) is 0 Å². The van der Waals surface area contributed by atoms with Crippen LogP contribution < -0.4 is 4.74 Å². The summed E-state index contributed by atoms with van der Waals surface area (Å²) in [7, 11) is 1.44. The van der Waals surface area contributed by atoms with Gasteiger partial charge in [0, 0.05) is 11.1 Å². The van der Waals surface area contributed by atoms with E-state index in [-0.39, 0.29) is 11.1 Å². The van der Waals surface area contributed by atoms with E-state index in [1.807, 2.05) is 0 Å². The fraction of sp³-hybridized carbons (Fsp3) is 0.176. The summed E-state index contributed by atoms with van der Waals surface area (Å²) < 4.78 is 60.7. The Hall–Kier alpha value is -2.30. The highest BCUT2D eigenvalue weighted by molar-refractivity contribution is 6.05. The van der Waals surface area contributed by atoms with Crippen molar-refractivity contribution in [2.24, 2.45) is 0 Å². The van der Waals surface area contributed by atoms with Crippen molar-refractivity contribution in [2.75, 3.05) is 7.11 Å². The minimum absolute atomic E-state index is 0.0654. The summed E-state index contributed by atoms with van der Waals surface area (Å²) in [6.45, 7) is 0. The van der Waals surface area contributed by atoms with Gasteiger partial charge in [-0.05, 0) is 23.3 Å². The molecule has 3 rings (SSSR count). The lowest BCUT2D eigenvalue weighted by Crippen LogP contribution is -2.51. The molecule has 1 nitrogen and oxygen atoms in total. The average molecular weight is 308 g/mol. The van der Waals surface area contributed by atoms with E-state index in [9.17, 15) is 17.6 Å². The van der Waals surface area contributed by atoms with Crippen LogP contribution in [0.25, 0.3) is 11.1 Å². The number of halogens is 4. The van der Waals surface area contributed by atoms with Crippen LogP contribution >= 0.6 is 0 Å². The molecule has 2 aromatic carbocycles. The SMILES string of the molecule is COc1ccc(C2=C(c3ccccc3)C(F)(F)C2(F)F)cc1. The van der Waals surface area contributed by atoms with Crippen LogP contribution in [0, 0.1) is 0 Å². The molecule has 0 heterocycles. The molecule has 0 aliphatic heterocycles. The predicted molar refractivity (Wildman–Crippen MR) is 76.1 cm³/mol. The number of hydrogen-bond donors (Lipinski definition) is 0. The monoisotopic (exact) mass is 308 g/mol. The Kier molecular flexibility index (Phi) is 3.24. The molecule has 1 aliphatic carbocycles. The first kappa shape index (κ1) is 14.6. The second kappa shape index (κ2) is 4.87. The molecule has 0 fully saturated rings. The highest BCUT2D eigenvalue weighted by atomic mass is 19.3. The molecule has 0 unspecified atom stereocenters. The minimum Gasteiger partial charge on any atom is -0.497 e. The second-order valence-corrected chi connectivity index (χ2v) is 4.99. The van der Waals surface area contributed by atoms with E-state index in [0.29, 0.717) is 5.75 Å². The van der Waals surface area contributed by atoms with E-state index < -0.39 is 23.0 Å². The summed E-state index contributed by atoms with van der Waals surface area (Å²) in [4.78, 5) is 0. The van der Waals surface area contributed by atoms with Crippen LogP contribution in [-0.4, -0.2) is 19.0 Å². The average Bonchev–Trinajstić information content (AvgIpc) is 2.53. The van der Waals surface area contributed by atoms with Crippen molar-refractivity contribution >= 4 is 11.1 Å². The number of hydrogen-bond acceptors (Lipinski definition) is 1. The molecule has 0 radical (unpaired) electrons. The summed E-state index contributed by atoms with van der Waals surface area (Å²) in [6, 6.07) is 13.2. The first-order chi connectivity index (χ1) is 10.4. The Labute approximate surface area is 124 Å². The second-order valence-electron chi connectivity index (χ2n) is 4.99. The number of ether oxygens (including phenoxy) is 1. The lowest BCUT2D eigenvalue weighted by Gasteiger charge is -2.41. The highest BCUT2D eigenvalue weighted by Crippen LogP contribution is 2.62. The Bertz CT molecular complexity index is 718. The van der Waals surface area contributed by atoms with E-state index in [4.69, 9.17) is 4.74 Å². The molecule has 5 heteroatoms. The highest BCUT2D eigenvalue weighted by Gasteiger charge is 2.71. The Morgan fingerprint density at radius 2 is 1.14 bits per heavy atom. The van der Waals surface area contributed by atoms with Gasteiger partial charge >= 0.3 is 11.8 Å². The first-order valence-electron chi connectivity index (χ1n) is 6.60. The molecule has 0 saturated heterocycles. The fourth-order valence-corrected chi connectivity index (χ4v) is 2.58. The molecule has 0 amide bonds. The Morgan fingerprint density at radius 3 is 1.59 bits per heavy atom. The quantitative estimate of drug-likeness (QED) is 0.734. The molecular weight excluding hydrogens is 296 g/mol. The van der Waals surface area contributed by atoms with Gasteiger partial charge in [-0.15, -0.1) is 0 Å². The maximum atomic E-state index is 13.9. The first-order valence-corrected chi connectivity index (χ1v) is 6.60. The van der Waals surface area contributed by atoms with Crippen LogP contribution in [0.15, 0.2) is 54.6 Å². The third kappa shape index (κ3) is 1.92. The van der Waals surface area contributed by atoms with Crippen LogP contribution in [0.5, 0.6) is 5.75 Å². The molecule has 0 N–H and O–H groups in total. The Balaban J connectivity index is 2.19. The lowest BCUT2D eigenvalue weighted by atomic mass is 9.73. The molecular formula is C17H12F4O. The molecule has 0 saturated carbocycles. The predicted octanol–water partition coefficient (Wildman–Crippen LogP) is 4.89. The van der Waals surface area contributed by atoms with Crippen LogP contribution in [0.2, 0.25) is 0 Å². The molecule has 0 spiro atoms. The zero-order chi connectivity index (χ0) is 16.0. The zero-order valence-corrected chi connectivity index (χ0v) is 11.6. The molecule has 1 aliphatic rings. The largest absolute Gasteiger partial charge is 0.497 e. The molecule has 0 aromatic heterocycles. The Morgan fingerprint density at radius 1 is 0.682 bits per heavy atom. The van der Waals surface area contributed by atoms with Crippen molar-refractivity contribution < 1.29 is 22.3 Å². The lowest BCUT2D eigenvalue weighted by molar-refractivity contribution is -0.149. The third-order valence-corrected chi connectivity index (χ3v) is 3.71. The van der Waals surface area contributed by atoms with E-state index >= 15 is 0 Å². The van der Waals surface area contributed by atoms with Gasteiger partial charge in [-0.3, -0.25) is 0 Å². The van der Waals surface area contributed by atoms with Crippen molar-refractivity contribution in [3.63, 3.8) is 0 Å². The van der Waals surface area contributed by atoms with Gasteiger partial charge < -0.3 is 4.74 Å². The maximum absolute atomic E-state index is 13.9. The van der Waals surface area contributed by atoms with E-state index in [2.05, 4.69) is 0 Å². The van der Waals surface area contributed by atoms with Gasteiger partial charge in [0.2, 0.25) is 0 Å². The number of alkyl halides is 4. The van der Waals surface area contributed by atoms with E-state index in [0.717, 1.165) is 0 Å². The van der Waals surface area contributed by atoms with Crippen molar-refractivity contribution in [2.45, 2.75) is 11.8 Å². The summed E-state index contributed by atoms with van der Waals surface area (Å²) in [5, 5.41) is 0. The van der Waals surface area contributed by atoms with Crippen LogP contribution in [0.4, 0.5) is 17.6 Å². The van der Waals surface area contributed by atoms with Gasteiger partial charge in [0.05, 0.1) is 7.11 Å². The summed E-state index contributed by atoms with van der Waals surface area (Å²) >= 11 is 0. The van der Waals surface area contributed by atoms with Gasteiger partial charge in [-0.1, -0.05) is 42.5 Å². The van der Waals surface area contributed by atoms with Gasteiger partial charge in [0.25, 0.3) is 0 Å². The van der Waals surface area contributed by atoms with Crippen LogP contribution in [0.1, 0.15) is 11.1 Å². The van der Waals surface area contributed by atoms with Crippen molar-refractivity contribution in [3.05, 3.63) is 65.7 Å². The topological polar surface area (TPSA) is 9.23 Å². The molecule has 114 valence electrons. The van der Waals surface area contributed by atoms with Gasteiger partial charge in [0.1, 0.15) is 5.75 Å². The van der Waals surface area contributed by atoms with Gasteiger partial charge in [-0.2, -0.15) is 17.6 Å². The van der Waals surface area contributed by atoms with Crippen molar-refractivity contribution in [3.8, 4) is 5.75 Å². The van der Waals surface area contributed by atoms with Crippen molar-refractivity contribution in [1.82, 2.24) is 0 Å². The maximum Gasteiger partial charge on any atom is 0.340 e. The van der Waals surface area contributed by atoms with E-state index in [1.165, 1.54) is 43.5 Å². The van der Waals surface area contributed by atoms with Crippen LogP contribution in [0.3, 0.4) is 0 Å². The smallest absolute Gasteiger partial charge is 0.340 e. The molecule has 0 bridgehead atoms. The summed E-state index contributed by atoms with van der Waals surface area (Å²) in [6.07, 6.45) is 0. The summed E-state index contributed by atoms with van der Waals surface area (Å²) in [5.74, 6) is -7.89. The normalized spacial score (nSPS) is 18.8.